The molecule has 0 rings (SSSR count). The molecule has 0 aliphatic rings. The van der Waals surface area contributed by atoms with Gasteiger partial charge in [0, 0.05) is 12.8 Å². The van der Waals surface area contributed by atoms with Gasteiger partial charge in [-0.3, -0.25) is 9.59 Å². The summed E-state index contributed by atoms with van der Waals surface area (Å²) in [4.78, 5) is 24.5. The zero-order chi connectivity index (χ0) is 59.2. The van der Waals surface area contributed by atoms with Gasteiger partial charge in [0.05, 0.1) is 25.4 Å². The van der Waals surface area contributed by atoms with Crippen LogP contribution >= 0.6 is 0 Å². The van der Waals surface area contributed by atoms with Crippen molar-refractivity contribution in [2.75, 3.05) is 13.2 Å². The van der Waals surface area contributed by atoms with Gasteiger partial charge in [0.15, 0.2) is 0 Å². The molecule has 0 heterocycles. The maximum atomic E-state index is 12.5. The number of ether oxygens (including phenoxy) is 1. The third-order valence-corrected chi connectivity index (χ3v) is 16.8. The minimum Gasteiger partial charge on any atom is -0.466 e. The topological polar surface area (TPSA) is 95.9 Å². The number of hydrogen-bond donors (Lipinski definition) is 3. The summed E-state index contributed by atoms with van der Waals surface area (Å²) in [5, 5.41) is 23.1. The van der Waals surface area contributed by atoms with Crippen molar-refractivity contribution in [2.24, 2.45) is 0 Å². The smallest absolute Gasteiger partial charge is 0.305 e. The number of aliphatic hydroxyl groups is 2. The second-order valence-electron chi connectivity index (χ2n) is 24.9. The first kappa shape index (κ1) is 79.6. The summed E-state index contributed by atoms with van der Waals surface area (Å²) >= 11 is 0. The monoisotopic (exact) mass is 1150 g/mol. The van der Waals surface area contributed by atoms with Crippen molar-refractivity contribution < 1.29 is 24.5 Å². The number of hydrogen-bond acceptors (Lipinski definition) is 5. The molecule has 0 fully saturated rings. The first-order valence-corrected chi connectivity index (χ1v) is 36.6. The van der Waals surface area contributed by atoms with E-state index < -0.39 is 12.1 Å². The van der Waals surface area contributed by atoms with Crippen LogP contribution < -0.4 is 5.32 Å². The van der Waals surface area contributed by atoms with E-state index in [4.69, 9.17) is 4.74 Å². The maximum absolute atomic E-state index is 12.5. The number of unbranched alkanes of at least 4 members (excludes halogenated alkanes) is 49. The molecule has 0 aromatic heterocycles. The van der Waals surface area contributed by atoms with Gasteiger partial charge in [-0.25, -0.2) is 0 Å². The molecule has 1 amide bonds. The third-order valence-electron chi connectivity index (χ3n) is 16.8. The zero-order valence-corrected chi connectivity index (χ0v) is 55.0. The minimum atomic E-state index is -0.843. The van der Waals surface area contributed by atoms with Crippen molar-refractivity contribution in [3.05, 3.63) is 60.8 Å². The number of carbonyl (C=O) groups excluding carboxylic acids is 2. The summed E-state index contributed by atoms with van der Waals surface area (Å²) < 4.78 is 5.48. The molecule has 480 valence electrons. The standard InChI is InChI=1S/C76H141NO5/c1-3-5-7-9-11-13-15-17-44-48-52-56-60-64-68-74(79)73(72-78)77-75(80)69-65-61-57-53-49-45-42-40-38-36-34-32-30-28-26-24-22-20-19-21-23-25-27-29-31-33-35-37-39-41-43-47-51-55-59-63-67-71-82-76(81)70-66-62-58-54-50-46-18-16-14-12-10-8-6-4-2/h10,12,16,18-19,21,25,27,64,68,73-74,78-79H,3-9,11,13-15,17,20,22-24,26,28-63,65-67,69-72H2,1-2H3,(H,77,80)/b12-10-,18-16-,21-19-,27-25-,68-64+. The second kappa shape index (κ2) is 71.0. The molecule has 2 atom stereocenters. The van der Waals surface area contributed by atoms with Crippen molar-refractivity contribution in [3.63, 3.8) is 0 Å². The SMILES string of the molecule is CCCC/C=C\C/C=C\CCCCCCCC(=O)OCCCCCCCCCCCCCCC/C=C\C/C=C\CCCCCCCCCCCCCCCCCCCC(=O)NC(CO)C(O)/C=C/CCCCCCCCCCCCCC. The molecule has 0 bridgehead atoms. The highest BCUT2D eigenvalue weighted by molar-refractivity contribution is 5.76. The molecule has 82 heavy (non-hydrogen) atoms. The lowest BCUT2D eigenvalue weighted by Gasteiger charge is -2.20. The number of aliphatic hydroxyl groups excluding tert-OH is 2. The fourth-order valence-electron chi connectivity index (χ4n) is 11.2. The van der Waals surface area contributed by atoms with Crippen LogP contribution in [0, 0.1) is 0 Å². The molecule has 0 saturated carbocycles. The van der Waals surface area contributed by atoms with E-state index in [0.717, 1.165) is 57.8 Å². The van der Waals surface area contributed by atoms with Gasteiger partial charge in [-0.15, -0.1) is 0 Å². The van der Waals surface area contributed by atoms with Crippen LogP contribution in [0.15, 0.2) is 60.8 Å². The summed E-state index contributed by atoms with van der Waals surface area (Å²) in [6.45, 7) is 4.88. The molecule has 6 nitrogen and oxygen atoms in total. The van der Waals surface area contributed by atoms with Gasteiger partial charge in [0.1, 0.15) is 0 Å². The van der Waals surface area contributed by atoms with Gasteiger partial charge in [-0.2, -0.15) is 0 Å². The Hall–Kier alpha value is -2.44. The lowest BCUT2D eigenvalue weighted by Crippen LogP contribution is -2.45. The summed E-state index contributed by atoms with van der Waals surface area (Å²) in [6.07, 6.45) is 94.6. The Bertz CT molecular complexity index is 1420. The van der Waals surface area contributed by atoms with Crippen LogP contribution in [0.1, 0.15) is 386 Å². The molecule has 0 aliphatic heterocycles. The van der Waals surface area contributed by atoms with Crippen molar-refractivity contribution >= 4 is 11.9 Å². The molecule has 0 radical (unpaired) electrons. The maximum Gasteiger partial charge on any atom is 0.305 e. The molecule has 0 aromatic carbocycles. The molecule has 0 spiro atoms. The normalized spacial score (nSPS) is 12.9. The molecular weight excluding hydrogens is 1010 g/mol. The quantitative estimate of drug-likeness (QED) is 0.0320. The Kier molecular flexibility index (Phi) is 68.9. The highest BCUT2D eigenvalue weighted by Gasteiger charge is 2.18. The van der Waals surface area contributed by atoms with Crippen LogP contribution in [-0.2, 0) is 14.3 Å². The fraction of sp³-hybridized carbons (Fsp3) is 0.842. The average molecular weight is 1150 g/mol. The predicted octanol–water partition coefficient (Wildman–Crippen LogP) is 23.8. The van der Waals surface area contributed by atoms with E-state index in [2.05, 4.69) is 67.8 Å². The van der Waals surface area contributed by atoms with Crippen LogP contribution in [0.5, 0.6) is 0 Å². The van der Waals surface area contributed by atoms with Gasteiger partial charge >= 0.3 is 5.97 Å². The Labute approximate surface area is 511 Å². The van der Waals surface area contributed by atoms with Crippen LogP contribution in [0.25, 0.3) is 0 Å². The van der Waals surface area contributed by atoms with Crippen molar-refractivity contribution in [1.82, 2.24) is 5.32 Å². The average Bonchev–Trinajstić information content (AvgIpc) is 3.48. The molecule has 0 aliphatic carbocycles. The van der Waals surface area contributed by atoms with Gasteiger partial charge in [0.2, 0.25) is 5.91 Å². The Balaban J connectivity index is 3.38. The highest BCUT2D eigenvalue weighted by atomic mass is 16.5. The molecule has 6 heteroatoms. The molecule has 3 N–H and O–H groups in total. The van der Waals surface area contributed by atoms with Gasteiger partial charge in [0.25, 0.3) is 0 Å². The van der Waals surface area contributed by atoms with Crippen LogP contribution in [0.2, 0.25) is 0 Å². The molecule has 0 aromatic rings. The molecule has 0 saturated heterocycles. The Morgan fingerprint density at radius 2 is 0.622 bits per heavy atom. The first-order valence-electron chi connectivity index (χ1n) is 36.6. The van der Waals surface area contributed by atoms with Crippen LogP contribution in [0.3, 0.4) is 0 Å². The lowest BCUT2D eigenvalue weighted by atomic mass is 10.0. The van der Waals surface area contributed by atoms with E-state index in [0.29, 0.717) is 19.4 Å². The van der Waals surface area contributed by atoms with Gasteiger partial charge in [-0.05, 0) is 89.9 Å². The summed E-state index contributed by atoms with van der Waals surface area (Å²) in [7, 11) is 0. The van der Waals surface area contributed by atoms with E-state index in [-0.39, 0.29) is 18.5 Å². The van der Waals surface area contributed by atoms with Crippen molar-refractivity contribution in [3.8, 4) is 0 Å². The van der Waals surface area contributed by atoms with E-state index in [1.165, 1.54) is 302 Å². The van der Waals surface area contributed by atoms with E-state index >= 15 is 0 Å². The number of carbonyl (C=O) groups is 2. The molecular formula is C76H141NO5. The highest BCUT2D eigenvalue weighted by Crippen LogP contribution is 2.18. The lowest BCUT2D eigenvalue weighted by molar-refractivity contribution is -0.143. The van der Waals surface area contributed by atoms with Crippen molar-refractivity contribution in [2.45, 2.75) is 398 Å². The summed E-state index contributed by atoms with van der Waals surface area (Å²) in [5.74, 6) is -0.0603. The number of nitrogens with one attached hydrogen (secondary N) is 1. The minimum absolute atomic E-state index is 0.00369. The second-order valence-corrected chi connectivity index (χ2v) is 24.9. The number of rotatable bonds is 68. The zero-order valence-electron chi connectivity index (χ0n) is 55.0. The van der Waals surface area contributed by atoms with E-state index in [1.807, 2.05) is 6.08 Å². The van der Waals surface area contributed by atoms with E-state index in [1.54, 1.807) is 6.08 Å². The third kappa shape index (κ3) is 66.7. The Morgan fingerprint density at radius 3 is 0.963 bits per heavy atom. The first-order chi connectivity index (χ1) is 40.5. The van der Waals surface area contributed by atoms with Crippen molar-refractivity contribution in [1.29, 1.82) is 0 Å². The molecule has 2 unspecified atom stereocenters. The van der Waals surface area contributed by atoms with Gasteiger partial charge < -0.3 is 20.3 Å². The van der Waals surface area contributed by atoms with Crippen LogP contribution in [-0.4, -0.2) is 47.4 Å². The fourth-order valence-corrected chi connectivity index (χ4v) is 11.2. The summed E-state index contributed by atoms with van der Waals surface area (Å²) in [6, 6.07) is -0.626. The Morgan fingerprint density at radius 1 is 0.341 bits per heavy atom. The van der Waals surface area contributed by atoms with Gasteiger partial charge in [-0.1, -0.05) is 344 Å². The predicted molar refractivity (Wildman–Crippen MR) is 361 cm³/mol. The van der Waals surface area contributed by atoms with Crippen LogP contribution in [0.4, 0.5) is 0 Å². The largest absolute Gasteiger partial charge is 0.466 e. The summed E-state index contributed by atoms with van der Waals surface area (Å²) in [5.41, 5.74) is 0. The number of esters is 1. The number of allylic oxidation sites excluding steroid dienone is 9. The number of amides is 1. The van der Waals surface area contributed by atoms with E-state index in [9.17, 15) is 19.8 Å².